The van der Waals surface area contributed by atoms with Crippen LogP contribution in [0.15, 0.2) is 18.2 Å². The highest BCUT2D eigenvalue weighted by atomic mass is 19.1. The molecule has 0 unspecified atom stereocenters. The molecular weight excluding hydrogens is 193 g/mol. The summed E-state index contributed by atoms with van der Waals surface area (Å²) in [7, 11) is 1.53. The zero-order valence-corrected chi connectivity index (χ0v) is 9.51. The van der Waals surface area contributed by atoms with Crippen LogP contribution < -0.4 is 10.5 Å². The molecule has 1 rings (SSSR count). The quantitative estimate of drug-likeness (QED) is 0.830. The molecule has 0 radical (unpaired) electrons. The Bertz CT molecular complexity index is 331. The van der Waals surface area contributed by atoms with Gasteiger partial charge in [-0.15, -0.1) is 0 Å². The van der Waals surface area contributed by atoms with Crippen molar-refractivity contribution in [1.29, 1.82) is 0 Å². The van der Waals surface area contributed by atoms with E-state index in [4.69, 9.17) is 10.5 Å². The number of aryl methyl sites for hydroxylation is 1. The standard InChI is InChI=1S/C12H18FNO/c1-12(2,14)7-6-9-4-5-10(15-3)8-11(9)13/h4-5,8H,6-7,14H2,1-3H3. The first-order valence-corrected chi connectivity index (χ1v) is 5.04. The summed E-state index contributed by atoms with van der Waals surface area (Å²) >= 11 is 0. The Balaban J connectivity index is 2.70. The van der Waals surface area contributed by atoms with Gasteiger partial charge in [0.05, 0.1) is 7.11 Å². The van der Waals surface area contributed by atoms with E-state index in [1.165, 1.54) is 13.2 Å². The number of nitrogens with two attached hydrogens (primary N) is 1. The number of methoxy groups -OCH3 is 1. The summed E-state index contributed by atoms with van der Waals surface area (Å²) in [6, 6.07) is 4.92. The van der Waals surface area contributed by atoms with E-state index < -0.39 is 0 Å². The summed E-state index contributed by atoms with van der Waals surface area (Å²) < 4.78 is 18.4. The molecular formula is C12H18FNO. The third-order valence-electron chi connectivity index (χ3n) is 2.30. The second-order valence-corrected chi connectivity index (χ2v) is 4.45. The maximum absolute atomic E-state index is 13.5. The van der Waals surface area contributed by atoms with Crippen LogP contribution in [0.25, 0.3) is 0 Å². The molecule has 0 aliphatic rings. The van der Waals surface area contributed by atoms with Crippen molar-refractivity contribution in [3.63, 3.8) is 0 Å². The van der Waals surface area contributed by atoms with E-state index in [2.05, 4.69) is 0 Å². The lowest BCUT2D eigenvalue weighted by Gasteiger charge is -2.18. The Morgan fingerprint density at radius 1 is 1.40 bits per heavy atom. The molecule has 15 heavy (non-hydrogen) atoms. The fourth-order valence-corrected chi connectivity index (χ4v) is 1.31. The smallest absolute Gasteiger partial charge is 0.130 e. The first-order valence-electron chi connectivity index (χ1n) is 5.04. The minimum atomic E-state index is -0.258. The lowest BCUT2D eigenvalue weighted by molar-refractivity contribution is 0.410. The molecule has 3 heteroatoms. The van der Waals surface area contributed by atoms with Crippen LogP contribution in [0.1, 0.15) is 25.8 Å². The van der Waals surface area contributed by atoms with Crippen LogP contribution in [-0.4, -0.2) is 12.6 Å². The highest BCUT2D eigenvalue weighted by Crippen LogP contribution is 2.19. The van der Waals surface area contributed by atoms with Gasteiger partial charge in [0.1, 0.15) is 11.6 Å². The predicted octanol–water partition coefficient (Wildman–Crippen LogP) is 2.50. The monoisotopic (exact) mass is 211 g/mol. The molecule has 0 aromatic heterocycles. The lowest BCUT2D eigenvalue weighted by atomic mass is 9.96. The molecule has 0 spiro atoms. The van der Waals surface area contributed by atoms with Gasteiger partial charge in [0.15, 0.2) is 0 Å². The van der Waals surface area contributed by atoms with Gasteiger partial charge in [0.2, 0.25) is 0 Å². The fraction of sp³-hybridized carbons (Fsp3) is 0.500. The minimum Gasteiger partial charge on any atom is -0.497 e. The Hall–Kier alpha value is -1.09. The van der Waals surface area contributed by atoms with E-state index >= 15 is 0 Å². The molecule has 0 aliphatic heterocycles. The Labute approximate surface area is 90.2 Å². The number of benzene rings is 1. The summed E-state index contributed by atoms with van der Waals surface area (Å²) in [4.78, 5) is 0. The molecule has 2 N–H and O–H groups in total. The number of rotatable bonds is 4. The molecule has 0 heterocycles. The lowest BCUT2D eigenvalue weighted by Crippen LogP contribution is -2.32. The molecule has 0 amide bonds. The van der Waals surface area contributed by atoms with Crippen molar-refractivity contribution < 1.29 is 9.13 Å². The third kappa shape index (κ3) is 3.88. The van der Waals surface area contributed by atoms with E-state index in [0.717, 1.165) is 6.42 Å². The van der Waals surface area contributed by atoms with Crippen LogP contribution in [0, 0.1) is 5.82 Å². The molecule has 0 saturated carbocycles. The van der Waals surface area contributed by atoms with Gasteiger partial charge in [0, 0.05) is 11.6 Å². The molecule has 1 aromatic carbocycles. The van der Waals surface area contributed by atoms with Gasteiger partial charge in [-0.05, 0) is 38.3 Å². The fourth-order valence-electron chi connectivity index (χ4n) is 1.31. The predicted molar refractivity (Wildman–Crippen MR) is 59.5 cm³/mol. The molecule has 0 saturated heterocycles. The first kappa shape index (κ1) is 12.0. The van der Waals surface area contributed by atoms with Gasteiger partial charge in [-0.1, -0.05) is 6.07 Å². The normalized spacial score (nSPS) is 11.5. The SMILES string of the molecule is COc1ccc(CCC(C)(C)N)c(F)c1. The maximum atomic E-state index is 13.5. The highest BCUT2D eigenvalue weighted by Gasteiger charge is 2.12. The number of ether oxygens (including phenoxy) is 1. The highest BCUT2D eigenvalue weighted by molar-refractivity contribution is 5.29. The second kappa shape index (κ2) is 4.62. The number of hydrogen-bond acceptors (Lipinski definition) is 2. The summed E-state index contributed by atoms with van der Waals surface area (Å²) in [6.07, 6.45) is 1.41. The zero-order chi connectivity index (χ0) is 11.5. The number of hydrogen-bond donors (Lipinski definition) is 1. The van der Waals surface area contributed by atoms with Crippen LogP contribution in [0.4, 0.5) is 4.39 Å². The zero-order valence-electron chi connectivity index (χ0n) is 9.51. The van der Waals surface area contributed by atoms with Crippen molar-refractivity contribution in [2.45, 2.75) is 32.2 Å². The van der Waals surface area contributed by atoms with Crippen molar-refractivity contribution in [3.8, 4) is 5.75 Å². The summed E-state index contributed by atoms with van der Waals surface area (Å²) in [5, 5.41) is 0. The average molecular weight is 211 g/mol. The minimum absolute atomic E-state index is 0.224. The van der Waals surface area contributed by atoms with Crippen molar-refractivity contribution in [3.05, 3.63) is 29.6 Å². The van der Waals surface area contributed by atoms with E-state index in [9.17, 15) is 4.39 Å². The second-order valence-electron chi connectivity index (χ2n) is 4.45. The molecule has 1 aromatic rings. The van der Waals surface area contributed by atoms with Crippen molar-refractivity contribution in [2.75, 3.05) is 7.11 Å². The largest absolute Gasteiger partial charge is 0.497 e. The molecule has 2 nitrogen and oxygen atoms in total. The molecule has 0 atom stereocenters. The van der Waals surface area contributed by atoms with Crippen molar-refractivity contribution >= 4 is 0 Å². The molecule has 0 bridgehead atoms. The summed E-state index contributed by atoms with van der Waals surface area (Å²) in [6.45, 7) is 3.88. The van der Waals surface area contributed by atoms with Gasteiger partial charge in [-0.25, -0.2) is 4.39 Å². The van der Waals surface area contributed by atoms with Gasteiger partial charge in [0.25, 0.3) is 0 Å². The summed E-state index contributed by atoms with van der Waals surface area (Å²) in [5.41, 5.74) is 6.27. The average Bonchev–Trinajstić information content (AvgIpc) is 2.14. The van der Waals surface area contributed by atoms with Crippen LogP contribution in [-0.2, 0) is 6.42 Å². The van der Waals surface area contributed by atoms with Crippen molar-refractivity contribution in [1.82, 2.24) is 0 Å². The van der Waals surface area contributed by atoms with Crippen LogP contribution in [0.2, 0.25) is 0 Å². The molecule has 0 aliphatic carbocycles. The van der Waals surface area contributed by atoms with Crippen LogP contribution in [0.5, 0.6) is 5.75 Å². The van der Waals surface area contributed by atoms with Gasteiger partial charge >= 0.3 is 0 Å². The Kier molecular flexibility index (Phi) is 3.69. The summed E-state index contributed by atoms with van der Waals surface area (Å²) in [5.74, 6) is 0.321. The molecule has 84 valence electrons. The molecule has 0 fully saturated rings. The van der Waals surface area contributed by atoms with Crippen molar-refractivity contribution in [2.24, 2.45) is 5.73 Å². The topological polar surface area (TPSA) is 35.2 Å². The van der Waals surface area contributed by atoms with E-state index in [-0.39, 0.29) is 11.4 Å². The van der Waals surface area contributed by atoms with E-state index in [1.807, 2.05) is 13.8 Å². The van der Waals surface area contributed by atoms with Crippen LogP contribution in [0.3, 0.4) is 0 Å². The van der Waals surface area contributed by atoms with Gasteiger partial charge in [-0.3, -0.25) is 0 Å². The van der Waals surface area contributed by atoms with Gasteiger partial charge in [-0.2, -0.15) is 0 Å². The van der Waals surface area contributed by atoms with E-state index in [0.29, 0.717) is 17.7 Å². The van der Waals surface area contributed by atoms with Crippen LogP contribution >= 0.6 is 0 Å². The third-order valence-corrected chi connectivity index (χ3v) is 2.30. The van der Waals surface area contributed by atoms with Gasteiger partial charge < -0.3 is 10.5 Å². The Morgan fingerprint density at radius 2 is 2.07 bits per heavy atom. The van der Waals surface area contributed by atoms with E-state index in [1.54, 1.807) is 12.1 Å². The maximum Gasteiger partial charge on any atom is 0.130 e. The number of halogens is 1. The first-order chi connectivity index (χ1) is 6.92. The Morgan fingerprint density at radius 3 is 2.53 bits per heavy atom.